The molecule has 15 atom stereocenters. The number of likely N-dealkylation sites (N-methyl/N-ethyl adjacent to an activating group) is 3. The molecule has 3 saturated heterocycles. The number of nitrogens with one attached hydrogen (secondary N) is 11. The number of carbonyl (C=O) groups excluding carboxylic acids is 16. The molecule has 0 radical (unpaired) electrons. The van der Waals surface area contributed by atoms with Crippen LogP contribution < -0.4 is 70.4 Å². The number of aromatic amines is 1. The number of rotatable bonds is 27. The number of fused-ring (bicyclic) bond motifs is 4. The lowest BCUT2D eigenvalue weighted by molar-refractivity contribution is -0.149. The first-order chi connectivity index (χ1) is 64.1. The first-order valence-corrected chi connectivity index (χ1v) is 46.1. The molecule has 0 aliphatic carbocycles. The molecule has 135 heavy (non-hydrogen) atoms. The van der Waals surface area contributed by atoms with Gasteiger partial charge in [-0.1, -0.05) is 102 Å². The lowest BCUT2D eigenvalue weighted by atomic mass is 9.99. The minimum absolute atomic E-state index is 0.0640. The van der Waals surface area contributed by atoms with E-state index in [9.17, 15) is 83.1 Å². The Morgan fingerprint density at radius 2 is 1.10 bits per heavy atom. The van der Waals surface area contributed by atoms with Crippen LogP contribution in [0.15, 0.2) is 85.2 Å². The number of carboxylic acids is 3. The number of unbranched alkanes of at least 4 members (excludes halogenated alkanes) is 2. The fourth-order valence-electron chi connectivity index (χ4n) is 16.6. The molecule has 44 nitrogen and oxygen atoms in total. The molecule has 0 spiro atoms. The predicted octanol–water partition coefficient (Wildman–Crippen LogP) is -2.82. The van der Waals surface area contributed by atoms with Crippen molar-refractivity contribution >= 4 is 146 Å². The first-order valence-electron chi connectivity index (χ1n) is 45.0. The van der Waals surface area contributed by atoms with Crippen molar-refractivity contribution in [1.29, 1.82) is 0 Å². The number of carboxylic acid groups (broad SMARTS) is 3. The van der Waals surface area contributed by atoms with Crippen molar-refractivity contribution in [3.63, 3.8) is 0 Å². The van der Waals surface area contributed by atoms with Crippen LogP contribution in [-0.2, 0) is 117 Å². The lowest BCUT2D eigenvalue weighted by Gasteiger charge is -2.36. The number of aliphatic carboxylic acids is 3. The van der Waals surface area contributed by atoms with Crippen molar-refractivity contribution in [3.05, 3.63) is 102 Å². The zero-order valence-corrected chi connectivity index (χ0v) is 77.6. The molecule has 3 aliphatic rings. The highest BCUT2D eigenvalue weighted by molar-refractivity contribution is 8.00. The number of para-hydroxylation sites is 2. The third-order valence-corrected chi connectivity index (χ3v) is 25.0. The van der Waals surface area contributed by atoms with Gasteiger partial charge >= 0.3 is 17.9 Å². The summed E-state index contributed by atoms with van der Waals surface area (Å²) in [6.45, 7) is 5.31. The second kappa shape index (κ2) is 50.7. The van der Waals surface area contributed by atoms with Gasteiger partial charge in [0.15, 0.2) is 0 Å². The number of aromatic hydroxyl groups is 1. The lowest BCUT2D eigenvalue weighted by Crippen LogP contribution is -2.62. The summed E-state index contributed by atoms with van der Waals surface area (Å²) in [6.07, 6.45) is -1.49. The molecule has 45 heteroatoms. The zero-order valence-electron chi connectivity index (χ0n) is 76.8. The number of nitrogens with two attached hydrogens (primary N) is 3. The summed E-state index contributed by atoms with van der Waals surface area (Å²) in [4.78, 5) is 282. The number of hydrogen-bond donors (Lipinski definition) is 19. The first kappa shape index (κ1) is 107. The van der Waals surface area contributed by atoms with E-state index in [0.717, 1.165) is 31.5 Å². The average molecular weight is 1900 g/mol. The monoisotopic (exact) mass is 1900 g/mol. The summed E-state index contributed by atoms with van der Waals surface area (Å²) in [5.41, 5.74) is 20.0. The number of primary amides is 1. The minimum atomic E-state index is -1.92. The molecule has 3 aromatic carbocycles. The Morgan fingerprint density at radius 3 is 1.75 bits per heavy atom. The molecular weight excluding hydrogens is 1780 g/mol. The topological polar surface area (TPSA) is 661 Å². The van der Waals surface area contributed by atoms with Gasteiger partial charge in [0.1, 0.15) is 96.9 Å². The molecule has 5 heterocycles. The van der Waals surface area contributed by atoms with Crippen molar-refractivity contribution in [1.82, 2.24) is 87.2 Å². The van der Waals surface area contributed by atoms with E-state index in [1.54, 1.807) is 82.4 Å². The van der Waals surface area contributed by atoms with Gasteiger partial charge in [0, 0.05) is 113 Å². The molecule has 0 unspecified atom stereocenters. The predicted molar refractivity (Wildman–Crippen MR) is 491 cm³/mol. The Labute approximate surface area is 783 Å². The van der Waals surface area contributed by atoms with E-state index >= 15 is 33.6 Å². The largest absolute Gasteiger partial charge is 0.508 e. The number of nitrogens with zero attached hydrogens (tertiary/aromatic N) is 6. The third-order valence-electron chi connectivity index (χ3n) is 24.0. The van der Waals surface area contributed by atoms with E-state index < -0.39 is 273 Å². The highest BCUT2D eigenvalue weighted by Gasteiger charge is 2.47. The van der Waals surface area contributed by atoms with Gasteiger partial charge in [0.05, 0.1) is 24.8 Å². The average Bonchev–Trinajstić information content (AvgIpc) is 1.68. The zero-order chi connectivity index (χ0) is 99.4. The molecule has 736 valence electrons. The van der Waals surface area contributed by atoms with Gasteiger partial charge in [-0.2, -0.15) is 0 Å². The van der Waals surface area contributed by atoms with E-state index in [1.807, 2.05) is 0 Å². The van der Waals surface area contributed by atoms with E-state index in [-0.39, 0.29) is 89.0 Å². The van der Waals surface area contributed by atoms with Crippen LogP contribution in [0.4, 0.5) is 0 Å². The number of phenolic OH excluding ortho intramolecular Hbond substituents is 1. The number of hydrogen-bond acceptors (Lipinski definition) is 24. The van der Waals surface area contributed by atoms with Crippen LogP contribution in [0.3, 0.4) is 0 Å². The number of thioether (sulfide) groups is 1. The van der Waals surface area contributed by atoms with Crippen LogP contribution >= 0.6 is 11.8 Å². The van der Waals surface area contributed by atoms with Crippen molar-refractivity contribution < 1.29 is 117 Å². The van der Waals surface area contributed by atoms with Crippen LogP contribution in [0.25, 0.3) is 21.8 Å². The Hall–Kier alpha value is -13.3. The van der Waals surface area contributed by atoms with Crippen molar-refractivity contribution in [2.75, 3.05) is 65.4 Å². The number of aliphatic hydroxyl groups is 1. The van der Waals surface area contributed by atoms with Crippen molar-refractivity contribution in [2.24, 2.45) is 23.1 Å². The maximum atomic E-state index is 15.9. The van der Waals surface area contributed by atoms with Gasteiger partial charge < -0.3 is 130 Å². The SMILES string of the molecule is CCCC[C@H]1C(=O)N(C)[C@@H](CCCC)C(=O)N[C@@H](CCC(=O)O)C(=O)N[C@H](C(=O)NCC(N)=O)CSCC(=O)N[C@@H](Cc2ccc(O)cc2)C(=O)N(C)[C@@H](C)C(=O)N[C@H](CC(=O)O)C(=O)N2CCC[C@H]2C(=O)N[C@@H](CN)C(=O)N[C@@H](CC(C)C)C(=O)N2C[C@H](O)C[C@H]2C(=O)N[C@@H](Cc2c[nH]c3ccccc23)C(=O)N[C@@H](CCN)C(=O)N[C@@H](Cc2cn(CC(=O)O)c3ccccc23)C(=O)N1C. The van der Waals surface area contributed by atoms with Crippen LogP contribution in [0.5, 0.6) is 5.75 Å². The smallest absolute Gasteiger partial charge is 0.323 e. The van der Waals surface area contributed by atoms with Crippen LogP contribution in [-0.4, -0.2) is 328 Å². The van der Waals surface area contributed by atoms with Crippen LogP contribution in [0.1, 0.15) is 141 Å². The highest BCUT2D eigenvalue weighted by Crippen LogP contribution is 2.29. The molecule has 0 bridgehead atoms. The highest BCUT2D eigenvalue weighted by atomic mass is 32.2. The van der Waals surface area contributed by atoms with Crippen molar-refractivity contribution in [2.45, 2.75) is 241 Å². The normalized spacial score (nSPS) is 24.8. The van der Waals surface area contributed by atoms with Gasteiger partial charge in [-0.15, -0.1) is 11.8 Å². The third kappa shape index (κ3) is 29.8. The van der Waals surface area contributed by atoms with Crippen LogP contribution in [0, 0.1) is 5.92 Å². The van der Waals surface area contributed by atoms with E-state index in [2.05, 4.69) is 58.2 Å². The quantitative estimate of drug-likeness (QED) is 0.0252. The Kier molecular flexibility index (Phi) is 40.2. The fourth-order valence-corrected chi connectivity index (χ4v) is 17.5. The standard InChI is InChI=1S/C90H126N20O24S/c1-9-11-21-68-83(127)98-58(29-30-74(115)116)79(123)104-66(78(122)95-42-72(93)113)46-135-47-73(114)96-62(35-50-25-27-53(111)28-26-50)86(130)105(6)49(5)77(121)100-64(39-75(117)118)88(132)109-33-17-24-69(109)84(128)103-65(40-92)82(126)101-61(34-48(3)4)89(133)110-44-54(112)38-71(110)85(129)99-60(36-51-41-94-57-20-15-13-18-55(51)57)81(125)97-59(31-32-91)80(124)102-63(87(131)107(8)70(22-12-10-2)90(134)106(68)7)37-52-43-108(45-76(119)120)67-23-16-14-19-56(52)67/h13-16,18-20,23,25-28,41,43,48-49,54,58-66,68-71,94,111-112H,9-12,17,21-22,24,29-40,42,44-47,91-92H2,1-8H3,(H2,93,113)(H,95,122)(H,96,114)(H,97,125)(H,98,127)(H,99,129)(H,100,121)(H,101,126)(H,102,124)(H,103,128)(H,104,123)(H,115,116)(H,117,118)(H,119,120)/t49-,54+,58-,59-,60-,61-,62-,63-,64+,65-,66-,68-,69-,70-,71-/m0/s1. The number of phenols is 1. The van der Waals surface area contributed by atoms with Gasteiger partial charge in [-0.25, -0.2) is 0 Å². The summed E-state index contributed by atoms with van der Waals surface area (Å²) >= 11 is 0.685. The molecule has 2 aromatic heterocycles. The van der Waals surface area contributed by atoms with Gasteiger partial charge in [0.25, 0.3) is 0 Å². The van der Waals surface area contributed by atoms with E-state index in [1.165, 1.54) is 56.0 Å². The van der Waals surface area contributed by atoms with E-state index in [4.69, 9.17) is 17.2 Å². The number of aliphatic hydroxyl groups excluding tert-OH is 1. The van der Waals surface area contributed by atoms with Gasteiger partial charge in [0.2, 0.25) is 94.5 Å². The molecule has 3 aliphatic heterocycles. The molecule has 0 saturated carbocycles. The Bertz CT molecular complexity index is 5130. The van der Waals surface area contributed by atoms with E-state index in [0.29, 0.717) is 63.1 Å². The maximum absolute atomic E-state index is 15.9. The van der Waals surface area contributed by atoms with Crippen LogP contribution in [0.2, 0.25) is 0 Å². The summed E-state index contributed by atoms with van der Waals surface area (Å²) < 4.78 is 1.41. The second-order valence-corrected chi connectivity index (χ2v) is 35.6. The number of H-pyrrole nitrogens is 1. The Balaban J connectivity index is 1.21. The number of aromatic nitrogens is 2. The van der Waals surface area contributed by atoms with Gasteiger partial charge in [-0.05, 0) is 105 Å². The molecule has 5 aromatic rings. The molecule has 8 rings (SSSR count). The maximum Gasteiger partial charge on any atom is 0.323 e. The number of benzene rings is 3. The number of amides is 16. The minimum Gasteiger partial charge on any atom is -0.508 e. The second-order valence-electron chi connectivity index (χ2n) is 34.5. The Morgan fingerprint density at radius 1 is 0.548 bits per heavy atom. The van der Waals surface area contributed by atoms with Gasteiger partial charge in [-0.3, -0.25) is 91.1 Å². The molecule has 16 amide bonds. The molecular formula is C90H126N20O24S. The van der Waals surface area contributed by atoms with Crippen molar-refractivity contribution in [3.8, 4) is 5.75 Å². The number of carbonyl (C=O) groups is 19. The summed E-state index contributed by atoms with van der Waals surface area (Å²) in [6, 6.07) is -3.79. The summed E-state index contributed by atoms with van der Waals surface area (Å²) in [5.74, 6) is -22.0. The summed E-state index contributed by atoms with van der Waals surface area (Å²) in [7, 11) is 3.71. The fraction of sp³-hybridized carbons (Fsp3) is 0.544. The molecule has 22 N–H and O–H groups in total. The summed E-state index contributed by atoms with van der Waals surface area (Å²) in [5, 5.41) is 78.7. The molecule has 3 fully saturated rings.